The summed E-state index contributed by atoms with van der Waals surface area (Å²) in [5, 5.41) is 7.31. The minimum Gasteiger partial charge on any atom is -0.315 e. The molecule has 8 heteroatoms. The molecular formula is C26H31F3N4S. The summed E-state index contributed by atoms with van der Waals surface area (Å²) in [6.45, 7) is 8.27. The molecule has 1 aliphatic heterocycles. The Morgan fingerprint density at radius 1 is 1.12 bits per heavy atom. The van der Waals surface area contributed by atoms with Crippen LogP contribution in [0.2, 0.25) is 0 Å². The molecule has 182 valence electrons. The zero-order valence-electron chi connectivity index (χ0n) is 19.7. The molecule has 3 atom stereocenters. The highest BCUT2D eigenvalue weighted by atomic mass is 32.1. The van der Waals surface area contributed by atoms with E-state index in [2.05, 4.69) is 31.4 Å². The van der Waals surface area contributed by atoms with E-state index in [0.717, 1.165) is 34.8 Å². The predicted molar refractivity (Wildman–Crippen MR) is 131 cm³/mol. The summed E-state index contributed by atoms with van der Waals surface area (Å²) in [7, 11) is 0. The first kappa shape index (κ1) is 24.9. The Labute approximate surface area is 202 Å². The second kappa shape index (κ2) is 10.6. The van der Waals surface area contributed by atoms with Crippen LogP contribution in [0.25, 0.3) is 10.6 Å². The van der Waals surface area contributed by atoms with Crippen LogP contribution in [0.15, 0.2) is 48.5 Å². The molecule has 1 fully saturated rings. The summed E-state index contributed by atoms with van der Waals surface area (Å²) in [5.41, 5.74) is 3.80. The maximum atomic E-state index is 14.6. The van der Waals surface area contributed by atoms with Gasteiger partial charge in [-0.3, -0.25) is 0 Å². The third kappa shape index (κ3) is 5.68. The number of aromatic nitrogens is 1. The summed E-state index contributed by atoms with van der Waals surface area (Å²) >= 11 is 1.40. The van der Waals surface area contributed by atoms with E-state index in [1.807, 2.05) is 35.9 Å². The fourth-order valence-electron chi connectivity index (χ4n) is 4.43. The zero-order valence-corrected chi connectivity index (χ0v) is 20.5. The zero-order chi connectivity index (χ0) is 24.3. The average Bonchev–Trinajstić information content (AvgIpc) is 3.42. The molecule has 0 spiro atoms. The van der Waals surface area contributed by atoms with Crippen LogP contribution in [-0.2, 0) is 6.42 Å². The lowest BCUT2D eigenvalue weighted by Crippen LogP contribution is -2.41. The van der Waals surface area contributed by atoms with E-state index in [0.29, 0.717) is 24.5 Å². The maximum absolute atomic E-state index is 14.6. The predicted octanol–water partition coefficient (Wildman–Crippen LogP) is 5.42. The average molecular weight is 489 g/mol. The molecule has 0 aliphatic carbocycles. The van der Waals surface area contributed by atoms with Gasteiger partial charge in [0.15, 0.2) is 0 Å². The highest BCUT2D eigenvalue weighted by Gasteiger charge is 2.34. The van der Waals surface area contributed by atoms with Crippen LogP contribution in [0.3, 0.4) is 0 Å². The van der Waals surface area contributed by atoms with Crippen LogP contribution in [0.1, 0.15) is 42.9 Å². The van der Waals surface area contributed by atoms with Gasteiger partial charge in [0, 0.05) is 42.4 Å². The molecule has 0 amide bonds. The number of nitrogens with one attached hydrogen (secondary N) is 3. The van der Waals surface area contributed by atoms with Crippen LogP contribution < -0.4 is 16.2 Å². The summed E-state index contributed by atoms with van der Waals surface area (Å²) in [6.07, 6.45) is 0.638. The van der Waals surface area contributed by atoms with E-state index in [1.165, 1.54) is 17.4 Å². The maximum Gasteiger partial charge on any atom is 0.133 e. The quantitative estimate of drug-likeness (QED) is 0.371. The van der Waals surface area contributed by atoms with Crippen molar-refractivity contribution in [3.05, 3.63) is 76.3 Å². The van der Waals surface area contributed by atoms with E-state index in [-0.39, 0.29) is 29.0 Å². The number of benzene rings is 2. The van der Waals surface area contributed by atoms with Crippen molar-refractivity contribution in [2.24, 2.45) is 11.3 Å². The number of halogens is 3. The van der Waals surface area contributed by atoms with Gasteiger partial charge < -0.3 is 10.6 Å². The van der Waals surface area contributed by atoms with Crippen LogP contribution in [0, 0.1) is 23.0 Å². The Hall–Kier alpha value is -2.26. The van der Waals surface area contributed by atoms with Gasteiger partial charge in [0.2, 0.25) is 0 Å². The molecule has 4 nitrogen and oxygen atoms in total. The topological polar surface area (TPSA) is 49.0 Å². The molecule has 2 aromatic carbocycles. The molecule has 3 unspecified atom stereocenters. The monoisotopic (exact) mass is 488 g/mol. The Balaban J connectivity index is 1.72. The number of nitrogens with zero attached hydrogens (tertiary/aromatic N) is 1. The fraction of sp³-hybridized carbons (Fsp3) is 0.423. The lowest BCUT2D eigenvalue weighted by atomic mass is 9.83. The molecule has 2 heterocycles. The molecule has 0 saturated carbocycles. The normalized spacial score (nSPS) is 19.5. The van der Waals surface area contributed by atoms with E-state index in [4.69, 9.17) is 4.98 Å². The highest BCUT2D eigenvalue weighted by molar-refractivity contribution is 7.15. The van der Waals surface area contributed by atoms with Crippen molar-refractivity contribution in [1.29, 1.82) is 0 Å². The molecule has 3 N–H and O–H groups in total. The number of rotatable bonds is 8. The van der Waals surface area contributed by atoms with Gasteiger partial charge >= 0.3 is 0 Å². The summed E-state index contributed by atoms with van der Waals surface area (Å²) in [6, 6.07) is 13.1. The summed E-state index contributed by atoms with van der Waals surface area (Å²) in [4.78, 5) is 5.88. The van der Waals surface area contributed by atoms with Gasteiger partial charge in [0.05, 0.1) is 17.8 Å². The number of thiazole rings is 1. The van der Waals surface area contributed by atoms with E-state index in [1.54, 1.807) is 0 Å². The lowest BCUT2D eigenvalue weighted by molar-refractivity contribution is 0.216. The van der Waals surface area contributed by atoms with Crippen molar-refractivity contribution < 1.29 is 13.3 Å². The summed E-state index contributed by atoms with van der Waals surface area (Å²) in [5.74, 6) is -0.907. The third-order valence-corrected chi connectivity index (χ3v) is 7.40. The Morgan fingerprint density at radius 3 is 2.59 bits per heavy atom. The molecule has 1 aromatic heterocycles. The first-order valence-electron chi connectivity index (χ1n) is 11.6. The van der Waals surface area contributed by atoms with Crippen molar-refractivity contribution in [3.63, 3.8) is 0 Å². The lowest BCUT2D eigenvalue weighted by Gasteiger charge is -2.33. The molecule has 0 radical (unpaired) electrons. The second-order valence-electron chi connectivity index (χ2n) is 9.96. The molecule has 34 heavy (non-hydrogen) atoms. The van der Waals surface area contributed by atoms with Gasteiger partial charge in [-0.1, -0.05) is 51.1 Å². The van der Waals surface area contributed by atoms with Crippen LogP contribution in [0.5, 0.6) is 0 Å². The molecule has 1 aliphatic rings. The Kier molecular flexibility index (Phi) is 7.72. The third-order valence-electron chi connectivity index (χ3n) is 6.30. The number of hydrogen-bond acceptors (Lipinski definition) is 5. The van der Waals surface area contributed by atoms with Gasteiger partial charge in [-0.15, -0.1) is 15.8 Å². The Morgan fingerprint density at radius 2 is 1.88 bits per heavy atom. The molecule has 3 aromatic rings. The van der Waals surface area contributed by atoms with Crippen molar-refractivity contribution in [2.75, 3.05) is 19.6 Å². The van der Waals surface area contributed by atoms with E-state index in [9.17, 15) is 13.3 Å². The highest BCUT2D eigenvalue weighted by Crippen LogP contribution is 2.40. The standard InChI is InChI=1S/C26H31F3N4S/c1-26(2,3)24(31-14-17-13-30-15-21(17)33-29)23-22(11-16-7-5-4-6-8-16)34-25(32-23)19-12-18(27)9-10-20(19)28/h4-10,12,17,21,24,30-31,33H,11,13-15H2,1-3H3. The van der Waals surface area contributed by atoms with E-state index >= 15 is 0 Å². The van der Waals surface area contributed by atoms with E-state index < -0.39 is 11.6 Å². The minimum absolute atomic E-state index is 0.0891. The second-order valence-corrected chi connectivity index (χ2v) is 11.0. The van der Waals surface area contributed by atoms with Crippen molar-refractivity contribution in [1.82, 2.24) is 21.2 Å². The van der Waals surface area contributed by atoms with Crippen LogP contribution in [-0.4, -0.2) is 30.7 Å². The SMILES string of the molecule is CC(C)(C)C(NCC1CNCC1NF)c1nc(-c2cc(F)ccc2F)sc1Cc1ccccc1. The smallest absolute Gasteiger partial charge is 0.133 e. The molecule has 4 rings (SSSR count). The van der Waals surface area contributed by atoms with Gasteiger partial charge in [0.25, 0.3) is 0 Å². The van der Waals surface area contributed by atoms with Gasteiger partial charge in [-0.2, -0.15) is 5.54 Å². The van der Waals surface area contributed by atoms with Gasteiger partial charge in [-0.25, -0.2) is 13.8 Å². The van der Waals surface area contributed by atoms with Gasteiger partial charge in [-0.05, 0) is 29.2 Å². The molecular weight excluding hydrogens is 457 g/mol. The van der Waals surface area contributed by atoms with Crippen molar-refractivity contribution in [3.8, 4) is 10.6 Å². The van der Waals surface area contributed by atoms with Crippen molar-refractivity contribution in [2.45, 2.75) is 39.3 Å². The summed E-state index contributed by atoms with van der Waals surface area (Å²) < 4.78 is 41.8. The first-order valence-corrected chi connectivity index (χ1v) is 12.4. The largest absolute Gasteiger partial charge is 0.315 e. The molecule has 1 saturated heterocycles. The molecule has 0 bridgehead atoms. The van der Waals surface area contributed by atoms with Crippen LogP contribution in [0.4, 0.5) is 13.3 Å². The van der Waals surface area contributed by atoms with Gasteiger partial charge in [0.1, 0.15) is 16.6 Å². The van der Waals surface area contributed by atoms with Crippen LogP contribution >= 0.6 is 11.3 Å². The Bertz CT molecular complexity index is 1100. The fourth-order valence-corrected chi connectivity index (χ4v) is 5.58. The van der Waals surface area contributed by atoms with Crippen molar-refractivity contribution >= 4 is 11.3 Å². The first-order chi connectivity index (χ1) is 16.3. The minimum atomic E-state index is -0.498. The number of hydrogen-bond donors (Lipinski definition) is 3.